The Hall–Kier alpha value is -4.29. The summed E-state index contributed by atoms with van der Waals surface area (Å²) in [6, 6.07) is 6.63. The summed E-state index contributed by atoms with van der Waals surface area (Å²) in [7, 11) is 3.43. The third-order valence-electron chi connectivity index (χ3n) is 4.50. The van der Waals surface area contributed by atoms with Crippen LogP contribution in [0.15, 0.2) is 42.2 Å². The molecule has 1 radical (unpaired) electrons. The fourth-order valence-electron chi connectivity index (χ4n) is 2.93. The minimum atomic E-state index is -3.08. The van der Waals surface area contributed by atoms with Crippen LogP contribution in [0.4, 0.5) is 22.0 Å². The van der Waals surface area contributed by atoms with E-state index >= 15 is 0 Å². The average Bonchev–Trinajstić information content (AvgIpc) is 2.75. The molecule has 1 aliphatic heterocycles. The second-order valence-corrected chi connectivity index (χ2v) is 7.95. The Labute approximate surface area is 213 Å². The van der Waals surface area contributed by atoms with Crippen LogP contribution < -0.4 is 16.9 Å². The van der Waals surface area contributed by atoms with Crippen LogP contribution in [0, 0.1) is 39.0 Å². The number of aromatic nitrogens is 1. The molecule has 8 nitrogen and oxygen atoms in total. The van der Waals surface area contributed by atoms with Crippen molar-refractivity contribution in [1.82, 2.24) is 20.2 Å². The molecule has 0 atom stereocenters. The average molecular weight is 783 g/mol. The van der Waals surface area contributed by atoms with Gasteiger partial charge in [-0.05, 0) is 31.7 Å². The smallest absolute Gasteiger partial charge is 0.236 e. The van der Waals surface area contributed by atoms with Gasteiger partial charge in [-0.15, -0.1) is 6.07 Å². The predicted molar refractivity (Wildman–Crippen MR) is 130 cm³/mol. The van der Waals surface area contributed by atoms with Crippen molar-refractivity contribution in [2.45, 2.75) is 19.4 Å². The monoisotopic (exact) mass is 782 g/mol. The number of aliphatic hydroxyl groups is 1. The molecule has 6 N–H and O–H groups in total. The molecule has 0 unspecified atom stereocenters. The van der Waals surface area contributed by atoms with Gasteiger partial charge in [0.2, 0.25) is 5.91 Å². The summed E-state index contributed by atoms with van der Waals surface area (Å²) in [6.07, 6.45) is 4.04. The number of amides is 1. The number of hydrazine groups is 1. The first-order chi connectivity index (χ1) is 16.7. The van der Waals surface area contributed by atoms with Gasteiger partial charge in [0.15, 0.2) is 6.68 Å². The van der Waals surface area contributed by atoms with E-state index in [2.05, 4.69) is 23.5 Å². The number of rotatable bonds is 5. The summed E-state index contributed by atoms with van der Waals surface area (Å²) in [5, 5.41) is 13.9. The largest absolute Gasteiger partial charge is 0.469 e. The molecule has 0 spiro atoms. The number of halogens is 5. The van der Waals surface area contributed by atoms with Crippen molar-refractivity contribution in [3.63, 3.8) is 0 Å². The van der Waals surface area contributed by atoms with Gasteiger partial charge in [-0.2, -0.15) is 0 Å². The molecule has 1 saturated heterocycles. The second kappa shape index (κ2) is 16.5. The molecule has 219 valence electrons. The van der Waals surface area contributed by atoms with Crippen LogP contribution in [-0.2, 0) is 10.4 Å². The van der Waals surface area contributed by atoms with E-state index in [1.807, 2.05) is 0 Å². The molecule has 2 aromatic rings. The number of hydrogen-bond acceptors (Lipinski definition) is 7. The van der Waals surface area contributed by atoms with Crippen molar-refractivity contribution in [2.75, 3.05) is 26.2 Å². The van der Waals surface area contributed by atoms with Crippen LogP contribution >= 0.6 is 0 Å². The van der Waals surface area contributed by atoms with E-state index in [1.54, 1.807) is 4.90 Å². The summed E-state index contributed by atoms with van der Waals surface area (Å²) >= 11 is 0. The van der Waals surface area contributed by atoms with Crippen molar-refractivity contribution in [3.05, 3.63) is 86.8 Å². The second-order valence-electron chi connectivity index (χ2n) is 7.95. The van der Waals surface area contributed by atoms with E-state index in [0.29, 0.717) is 30.9 Å². The van der Waals surface area contributed by atoms with Crippen molar-refractivity contribution < 1.29 is 31.9 Å². The van der Waals surface area contributed by atoms with Crippen molar-refractivity contribution in [2.24, 2.45) is 11.6 Å². The third kappa shape index (κ3) is 12.6. The predicted octanol–water partition coefficient (Wildman–Crippen LogP) is 3.03. The summed E-state index contributed by atoms with van der Waals surface area (Å²) < 4.78 is 55.8. The molecule has 1 amide bonds. The Morgan fingerprint density at radius 2 is 1.87 bits per heavy atom. The maximum atomic E-state index is 14.2. The Morgan fingerprint density at radius 1 is 1.32 bits per heavy atom. The number of piperazine rings is 1. The van der Waals surface area contributed by atoms with Crippen LogP contribution in [-0.4, -0.2) is 52.1 Å². The number of nitrogens with two attached hydrogens (primary N) is 2. The van der Waals surface area contributed by atoms with Crippen molar-refractivity contribution in [3.8, 4) is 11.3 Å². The molecule has 1 aromatic heterocycles. The third-order valence-corrected chi connectivity index (χ3v) is 4.50. The van der Waals surface area contributed by atoms with E-state index in [0.717, 1.165) is 11.6 Å². The first-order valence-corrected chi connectivity index (χ1v) is 10.4. The fraction of sp³-hybridized carbons (Fsp3) is 0.292. The molecule has 38 heavy (non-hydrogen) atoms. The summed E-state index contributed by atoms with van der Waals surface area (Å²) in [5.74, 6) is 4.32. The topological polar surface area (TPSA) is 121 Å². The molecule has 1 aromatic carbocycles. The molecule has 3 rings (SSSR count). The maximum absolute atomic E-state index is 14.2. The zero-order valence-corrected chi connectivity index (χ0v) is 23.6. The SMILES string of the molecule is CC(C)(O)c1c[c-]nc(-c2ccc(F)cc2)c1F.F[C-](F)F.[CH2-]N(N)/C=C(\N)CN1CCNCC1=O.[CH3-].[Es]. The van der Waals surface area contributed by atoms with Crippen LogP contribution in [0.1, 0.15) is 19.4 Å². The van der Waals surface area contributed by atoms with Gasteiger partial charge < -0.3 is 51.6 Å². The van der Waals surface area contributed by atoms with Crippen molar-refractivity contribution >= 4 is 5.91 Å². The molecule has 0 bridgehead atoms. The number of carbonyl (C=O) groups is 1. The van der Waals surface area contributed by atoms with Gasteiger partial charge >= 0.3 is 0 Å². The zero-order valence-electron chi connectivity index (χ0n) is 21.0. The van der Waals surface area contributed by atoms with E-state index in [9.17, 15) is 31.9 Å². The standard InChI is InChI=1S/C14H12F2NO.C8H16N5O.CF3.CH3.Es/c1-14(2,18)11-7-8-17-13(12(11)16)9-3-5-10(15)6-4-9;1-12(10)5-7(9)6-13-3-2-11-4-8(13)14;2-1(3)4;;/h3-7,18H,1-2H3;5,11H,1-4,6,9-10H2;;1H3;/q4*-1;/b;7-5-;;;. The Bertz CT molecular complexity index is 1000. The molecular formula is C24H31EsF5N6O2-4. The van der Waals surface area contributed by atoms with E-state index < -0.39 is 23.9 Å². The van der Waals surface area contributed by atoms with Crippen LogP contribution in [0.2, 0.25) is 0 Å². The maximum Gasteiger partial charge on any atom is 0.236 e. The summed E-state index contributed by atoms with van der Waals surface area (Å²) in [5.41, 5.74) is 5.46. The molecule has 1 aliphatic rings. The number of pyridine rings is 1. The molecule has 2 heterocycles. The summed E-state index contributed by atoms with van der Waals surface area (Å²) in [6.45, 7) is 2.14. The minimum absolute atomic E-state index is 0. The summed E-state index contributed by atoms with van der Waals surface area (Å²) in [4.78, 5) is 16.8. The molecule has 1 fully saturated rings. The van der Waals surface area contributed by atoms with Gasteiger partial charge in [0.25, 0.3) is 0 Å². The zero-order chi connectivity index (χ0) is 27.5. The van der Waals surface area contributed by atoms with E-state index in [4.69, 9.17) is 11.6 Å². The van der Waals surface area contributed by atoms with Gasteiger partial charge in [-0.25, -0.2) is 15.8 Å². The fourth-order valence-corrected chi connectivity index (χ4v) is 2.93. The van der Waals surface area contributed by atoms with Gasteiger partial charge in [0, 0.05) is 36.4 Å². The molecule has 0 aliphatic carbocycles. The number of nitrogens with one attached hydrogen (secondary N) is 1. The normalized spacial score (nSPS) is 13.3. The quantitative estimate of drug-likeness (QED) is 0.160. The Balaban J connectivity index is 0. The molecule has 14 heteroatoms. The van der Waals surface area contributed by atoms with Gasteiger partial charge in [0.1, 0.15) is 5.82 Å². The number of hydrogen-bond donors (Lipinski definition) is 4. The van der Waals surface area contributed by atoms with Crippen LogP contribution in [0.25, 0.3) is 11.3 Å². The van der Waals surface area contributed by atoms with Gasteiger partial charge in [-0.1, -0.05) is 29.5 Å². The number of carbonyl (C=O) groups excluding carboxylic acids is 1. The van der Waals surface area contributed by atoms with Crippen LogP contribution in [0.5, 0.6) is 0 Å². The molecular weight excluding hydrogens is 751 g/mol. The van der Waals surface area contributed by atoms with Crippen LogP contribution in [0.3, 0.4) is 0 Å². The van der Waals surface area contributed by atoms with Gasteiger partial charge in [0.05, 0.1) is 13.1 Å². The Morgan fingerprint density at radius 3 is 2.34 bits per heavy atom. The van der Waals surface area contributed by atoms with Crippen molar-refractivity contribution in [1.29, 1.82) is 0 Å². The first kappa shape index (κ1) is 35.9. The minimum Gasteiger partial charge on any atom is -0.469 e. The Kier molecular flexibility index (Phi) is 15.5. The van der Waals surface area contributed by atoms with Gasteiger partial charge in [-0.3, -0.25) is 10.6 Å². The number of nitrogens with zero attached hydrogens (tertiary/aromatic N) is 3. The van der Waals surface area contributed by atoms with E-state index in [1.165, 1.54) is 50.4 Å². The first-order valence-electron chi connectivity index (χ1n) is 10.4. The molecule has 0 saturated carbocycles. The number of benzene rings is 1. The van der Waals surface area contributed by atoms with E-state index in [-0.39, 0.29) is 24.6 Å².